The molecule has 0 aliphatic carbocycles. The molecule has 0 radical (unpaired) electrons. The zero-order valence-corrected chi connectivity index (χ0v) is 40.3. The van der Waals surface area contributed by atoms with Crippen molar-refractivity contribution in [2.45, 2.75) is 84.3 Å². The molecule has 3 aliphatic rings. The van der Waals surface area contributed by atoms with E-state index in [-0.39, 0.29) is 47.0 Å². The number of imide groups is 1. The number of ether oxygens (including phenoxy) is 1. The van der Waals surface area contributed by atoms with Crippen LogP contribution in [0, 0.1) is 24.0 Å². The van der Waals surface area contributed by atoms with Crippen LogP contribution in [0.4, 0.5) is 25.0 Å². The lowest BCUT2D eigenvalue weighted by molar-refractivity contribution is -0.120. The number of amides is 5. The number of nitrogens with zero attached hydrogens (tertiary/aromatic N) is 5. The van der Waals surface area contributed by atoms with Crippen molar-refractivity contribution >= 4 is 46.2 Å². The molecular weight excluding hydrogens is 895 g/mol. The third kappa shape index (κ3) is 9.62. The van der Waals surface area contributed by atoms with Crippen LogP contribution in [0.25, 0.3) is 33.5 Å². The molecule has 5 amide bonds. The lowest BCUT2D eigenvalue weighted by Gasteiger charge is -2.50. The molecule has 364 valence electrons. The van der Waals surface area contributed by atoms with Gasteiger partial charge >= 0.3 is 6.03 Å². The Morgan fingerprint density at radius 2 is 1.59 bits per heavy atom. The highest BCUT2D eigenvalue weighted by Gasteiger charge is 2.42. The number of hydrogen-bond donors (Lipinski definition) is 4. The lowest BCUT2D eigenvalue weighted by atomic mass is 9.70. The van der Waals surface area contributed by atoms with Crippen LogP contribution >= 0.6 is 0 Å². The maximum absolute atomic E-state index is 15.3. The van der Waals surface area contributed by atoms with Crippen molar-refractivity contribution in [3.63, 3.8) is 0 Å². The van der Waals surface area contributed by atoms with Gasteiger partial charge in [0.05, 0.1) is 29.7 Å². The van der Waals surface area contributed by atoms with E-state index in [1.54, 1.807) is 25.1 Å². The van der Waals surface area contributed by atoms with Gasteiger partial charge in [0.15, 0.2) is 0 Å². The predicted molar refractivity (Wildman–Crippen MR) is 264 cm³/mol. The van der Waals surface area contributed by atoms with Crippen LogP contribution in [0.1, 0.15) is 97.2 Å². The fourth-order valence-electron chi connectivity index (χ4n) is 10.3. The first-order chi connectivity index (χ1) is 33.3. The van der Waals surface area contributed by atoms with Crippen LogP contribution in [0.5, 0.6) is 5.75 Å². The molecule has 0 atom stereocenters. The van der Waals surface area contributed by atoms with Gasteiger partial charge in [-0.05, 0) is 156 Å². The average molecular weight is 953 g/mol. The van der Waals surface area contributed by atoms with Crippen LogP contribution in [0.3, 0.4) is 0 Å². The third-order valence-electron chi connectivity index (χ3n) is 14.7. The highest BCUT2D eigenvalue weighted by atomic mass is 19.1. The number of methoxy groups -OCH3 is 1. The molecule has 1 spiro atoms. The summed E-state index contributed by atoms with van der Waals surface area (Å²) in [5, 5.41) is 16.0. The first-order valence-electron chi connectivity index (χ1n) is 23.7. The smallest absolute Gasteiger partial charge is 0.328 e. The van der Waals surface area contributed by atoms with Gasteiger partial charge in [0.1, 0.15) is 29.4 Å². The molecule has 14 nitrogen and oxygen atoms in total. The summed E-state index contributed by atoms with van der Waals surface area (Å²) >= 11 is 0. The van der Waals surface area contributed by atoms with E-state index in [1.807, 2.05) is 11.0 Å². The number of aliphatic hydroxyl groups is 1. The van der Waals surface area contributed by atoms with E-state index >= 15 is 8.78 Å². The summed E-state index contributed by atoms with van der Waals surface area (Å²) in [5.74, 6) is -2.12. The van der Waals surface area contributed by atoms with Gasteiger partial charge in [-0.25, -0.2) is 23.5 Å². The van der Waals surface area contributed by atoms with Crippen molar-refractivity contribution in [1.82, 2.24) is 30.1 Å². The predicted octanol–water partition coefficient (Wildman–Crippen LogP) is 9.15. The number of nitrogens with one attached hydrogen (secondary N) is 3. The second-order valence-corrected chi connectivity index (χ2v) is 20.1. The van der Waals surface area contributed by atoms with E-state index < -0.39 is 29.2 Å². The van der Waals surface area contributed by atoms with Crippen molar-refractivity contribution in [1.29, 1.82) is 0 Å². The molecule has 4 aromatic carbocycles. The molecule has 16 heteroatoms. The van der Waals surface area contributed by atoms with Crippen LogP contribution in [-0.2, 0) is 16.8 Å². The Balaban J connectivity index is 0.822. The number of halogens is 2. The summed E-state index contributed by atoms with van der Waals surface area (Å²) in [6, 6.07) is 21.4. The number of fused-ring (bicyclic) bond motifs is 1. The Bertz CT molecular complexity index is 3020. The summed E-state index contributed by atoms with van der Waals surface area (Å²) in [4.78, 5) is 69.8. The van der Waals surface area contributed by atoms with Crippen molar-refractivity contribution in [2.75, 3.05) is 50.1 Å². The first kappa shape index (κ1) is 48.0. The highest BCUT2D eigenvalue weighted by Crippen LogP contribution is 2.44. The molecule has 6 aromatic rings. The van der Waals surface area contributed by atoms with E-state index in [4.69, 9.17) is 4.74 Å². The number of rotatable bonds is 11. The van der Waals surface area contributed by atoms with Crippen molar-refractivity contribution < 1.29 is 37.8 Å². The Kier molecular flexibility index (Phi) is 12.8. The SMILES string of the molecule is COc1ccc(C(=O)N2CCC3(CC2)CCN(C(C)(C)Cc2ccc(-c4cc5c(-c6cc(F)cc(NC(=O)c7ccc(C(C)(C)O)cc7F)c6C)ncnc5[nH]4)cc2)CC3)cc1N1CCC(=O)NC1=O. The molecule has 3 aliphatic heterocycles. The van der Waals surface area contributed by atoms with E-state index in [0.717, 1.165) is 62.5 Å². The summed E-state index contributed by atoms with van der Waals surface area (Å²) < 4.78 is 35.8. The maximum Gasteiger partial charge on any atom is 0.328 e. The lowest BCUT2D eigenvalue weighted by Crippen LogP contribution is -2.54. The number of piperidine rings is 2. The van der Waals surface area contributed by atoms with Crippen molar-refractivity contribution in [3.8, 4) is 28.3 Å². The maximum atomic E-state index is 15.3. The summed E-state index contributed by atoms with van der Waals surface area (Å²) in [6.45, 7) is 12.9. The van der Waals surface area contributed by atoms with Crippen molar-refractivity contribution in [3.05, 3.63) is 125 Å². The van der Waals surface area contributed by atoms with Crippen LogP contribution in [0.15, 0.2) is 85.2 Å². The zero-order valence-electron chi connectivity index (χ0n) is 40.3. The van der Waals surface area contributed by atoms with E-state index in [0.29, 0.717) is 63.5 Å². The quantitative estimate of drug-likeness (QED) is 0.0988. The second kappa shape index (κ2) is 18.7. The molecule has 3 saturated heterocycles. The van der Waals surface area contributed by atoms with E-state index in [2.05, 4.69) is 68.6 Å². The van der Waals surface area contributed by atoms with Gasteiger partial charge in [0.25, 0.3) is 11.8 Å². The number of carbonyl (C=O) groups excluding carboxylic acids is 4. The molecule has 0 unspecified atom stereocenters. The van der Waals surface area contributed by atoms with Gasteiger partial charge in [-0.1, -0.05) is 30.3 Å². The van der Waals surface area contributed by atoms with Gasteiger partial charge in [0, 0.05) is 59.5 Å². The highest BCUT2D eigenvalue weighted by molar-refractivity contribution is 6.07. The Morgan fingerprint density at radius 3 is 2.26 bits per heavy atom. The fourth-order valence-corrected chi connectivity index (χ4v) is 10.3. The normalized spacial score (nSPS) is 16.7. The van der Waals surface area contributed by atoms with Crippen molar-refractivity contribution in [2.24, 2.45) is 5.41 Å². The number of anilines is 2. The van der Waals surface area contributed by atoms with Gasteiger partial charge < -0.3 is 25.0 Å². The third-order valence-corrected chi connectivity index (χ3v) is 14.7. The molecule has 70 heavy (non-hydrogen) atoms. The number of hydrogen-bond acceptors (Lipinski definition) is 9. The molecule has 5 heterocycles. The number of aromatic nitrogens is 3. The number of urea groups is 1. The average Bonchev–Trinajstić information content (AvgIpc) is 3.77. The molecular formula is C54H58F2N8O6. The van der Waals surface area contributed by atoms with Gasteiger partial charge in [0.2, 0.25) is 5.91 Å². The minimum Gasteiger partial charge on any atom is -0.495 e. The minimum atomic E-state index is -1.29. The molecule has 2 aromatic heterocycles. The second-order valence-electron chi connectivity index (χ2n) is 20.1. The number of likely N-dealkylation sites (tertiary alicyclic amines) is 2. The van der Waals surface area contributed by atoms with Crippen LogP contribution in [-0.4, -0.2) is 99.0 Å². The summed E-state index contributed by atoms with van der Waals surface area (Å²) in [5.41, 5.74) is 4.93. The molecule has 0 bridgehead atoms. The monoisotopic (exact) mass is 952 g/mol. The number of benzene rings is 4. The Labute approximate surface area is 405 Å². The number of carbonyl (C=O) groups is 4. The van der Waals surface area contributed by atoms with Crippen LogP contribution < -0.4 is 20.3 Å². The Hall–Kier alpha value is -7.04. The fraction of sp³-hybridized carbons (Fsp3) is 0.370. The molecule has 9 rings (SSSR count). The first-order valence-corrected chi connectivity index (χ1v) is 23.7. The molecule has 0 saturated carbocycles. The zero-order chi connectivity index (χ0) is 49.7. The minimum absolute atomic E-state index is 0.0786. The van der Waals surface area contributed by atoms with Crippen LogP contribution in [0.2, 0.25) is 0 Å². The number of aromatic amines is 1. The topological polar surface area (TPSA) is 173 Å². The Morgan fingerprint density at radius 1 is 0.871 bits per heavy atom. The number of H-pyrrole nitrogens is 1. The van der Waals surface area contributed by atoms with E-state index in [1.165, 1.54) is 62.0 Å². The molecule has 4 N–H and O–H groups in total. The van der Waals surface area contributed by atoms with E-state index in [9.17, 15) is 24.3 Å². The van der Waals surface area contributed by atoms with Gasteiger partial charge in [-0.15, -0.1) is 0 Å². The molecule has 3 fully saturated rings. The summed E-state index contributed by atoms with van der Waals surface area (Å²) in [6.07, 6.45) is 6.40. The standard InChI is InChI=1S/C54H58F2N8O6/c1-32-39(27-37(55)28-42(32)60-49(66)38-13-12-36(26-41(38)56)53(4,5)69)47-40-29-43(59-48(40)58-31-57-47)34-9-7-33(8-10-34)30-52(2,3)63-23-18-54(19-24-63)16-21-62(22-17-54)50(67)35-11-14-45(70-6)44(25-35)64-20-15-46(65)61-51(64)68/h7-14,25-29,31,69H,15-24,30H2,1-6H3,(H,60,66)(H,57,58,59)(H,61,65,68). The summed E-state index contributed by atoms with van der Waals surface area (Å²) in [7, 11) is 1.51. The van der Waals surface area contributed by atoms with Gasteiger partial charge in [-0.3, -0.25) is 29.5 Å². The largest absolute Gasteiger partial charge is 0.495 e. The van der Waals surface area contributed by atoms with Gasteiger partial charge in [-0.2, -0.15) is 0 Å².